The maximum absolute atomic E-state index is 4.48. The summed E-state index contributed by atoms with van der Waals surface area (Å²) in [6.07, 6.45) is 8.70. The van der Waals surface area contributed by atoms with Crippen LogP contribution in [0.1, 0.15) is 17.5 Å². The summed E-state index contributed by atoms with van der Waals surface area (Å²) in [4.78, 5) is 8.53. The predicted octanol–water partition coefficient (Wildman–Crippen LogP) is 2.94. The highest BCUT2D eigenvalue weighted by atomic mass is 15.1. The molecular formula is C15H18N4. The van der Waals surface area contributed by atoms with Gasteiger partial charge in [-0.25, -0.2) is 9.97 Å². The van der Waals surface area contributed by atoms with Crippen LogP contribution in [0.25, 0.3) is 11.0 Å². The predicted molar refractivity (Wildman–Crippen MR) is 76.1 cm³/mol. The highest BCUT2D eigenvalue weighted by Gasteiger charge is 2.04. The summed E-state index contributed by atoms with van der Waals surface area (Å²) in [7, 11) is 0. The SMILES string of the molecule is Cc1cc2ncn(CCCn3ccnc3)c2cc1C. The van der Waals surface area contributed by atoms with E-state index in [2.05, 4.69) is 45.1 Å². The molecule has 2 heterocycles. The molecule has 0 atom stereocenters. The number of nitrogens with zero attached hydrogens (tertiary/aromatic N) is 4. The van der Waals surface area contributed by atoms with Crippen LogP contribution in [0.15, 0.2) is 37.2 Å². The topological polar surface area (TPSA) is 35.6 Å². The smallest absolute Gasteiger partial charge is 0.0958 e. The molecule has 0 amide bonds. The van der Waals surface area contributed by atoms with Crippen LogP contribution in [0.3, 0.4) is 0 Å². The first kappa shape index (κ1) is 12.0. The molecule has 4 nitrogen and oxygen atoms in total. The number of aryl methyl sites for hydroxylation is 4. The van der Waals surface area contributed by atoms with Crippen molar-refractivity contribution in [1.82, 2.24) is 19.1 Å². The third-order valence-corrected chi connectivity index (χ3v) is 3.61. The fourth-order valence-electron chi connectivity index (χ4n) is 2.33. The minimum absolute atomic E-state index is 0.983. The average molecular weight is 254 g/mol. The van der Waals surface area contributed by atoms with Crippen LogP contribution < -0.4 is 0 Å². The summed E-state index contributed by atoms with van der Waals surface area (Å²) >= 11 is 0. The van der Waals surface area contributed by atoms with Crippen molar-refractivity contribution in [2.75, 3.05) is 0 Å². The van der Waals surface area contributed by atoms with Gasteiger partial charge >= 0.3 is 0 Å². The fourth-order valence-corrected chi connectivity index (χ4v) is 2.33. The Hall–Kier alpha value is -2.10. The Morgan fingerprint density at radius 2 is 1.89 bits per heavy atom. The lowest BCUT2D eigenvalue weighted by Crippen LogP contribution is -2.02. The Kier molecular flexibility index (Phi) is 3.07. The molecule has 2 aromatic heterocycles. The number of benzene rings is 1. The Morgan fingerprint density at radius 1 is 1.05 bits per heavy atom. The molecule has 0 unspecified atom stereocenters. The van der Waals surface area contributed by atoms with Crippen LogP contribution in [0.2, 0.25) is 0 Å². The third kappa shape index (κ3) is 2.38. The molecule has 0 radical (unpaired) electrons. The lowest BCUT2D eigenvalue weighted by atomic mass is 10.1. The normalized spacial score (nSPS) is 11.3. The van der Waals surface area contributed by atoms with E-state index < -0.39 is 0 Å². The molecule has 0 saturated carbocycles. The first-order chi connectivity index (χ1) is 9.24. The summed E-state index contributed by atoms with van der Waals surface area (Å²) in [6, 6.07) is 4.39. The second kappa shape index (κ2) is 4.88. The maximum Gasteiger partial charge on any atom is 0.0958 e. The zero-order valence-corrected chi connectivity index (χ0v) is 11.4. The van der Waals surface area contributed by atoms with Crippen LogP contribution in [0.5, 0.6) is 0 Å². The van der Waals surface area contributed by atoms with Gasteiger partial charge in [0.25, 0.3) is 0 Å². The van der Waals surface area contributed by atoms with E-state index in [0.717, 1.165) is 25.0 Å². The largest absolute Gasteiger partial charge is 0.337 e. The first-order valence-corrected chi connectivity index (χ1v) is 6.62. The molecule has 19 heavy (non-hydrogen) atoms. The minimum atomic E-state index is 0.983. The molecule has 4 heteroatoms. The van der Waals surface area contributed by atoms with E-state index >= 15 is 0 Å². The van der Waals surface area contributed by atoms with Gasteiger partial charge < -0.3 is 9.13 Å². The standard InChI is InChI=1S/C15H18N4/c1-12-8-14-15(9-13(12)2)19(11-17-14)6-3-5-18-7-4-16-10-18/h4,7-11H,3,5-6H2,1-2H3. The highest BCUT2D eigenvalue weighted by molar-refractivity contribution is 5.77. The summed E-state index contributed by atoms with van der Waals surface area (Å²) in [5.74, 6) is 0. The second-order valence-electron chi connectivity index (χ2n) is 5.02. The average Bonchev–Trinajstić information content (AvgIpc) is 3.02. The summed E-state index contributed by atoms with van der Waals surface area (Å²) in [6.45, 7) is 6.26. The molecule has 98 valence electrons. The third-order valence-electron chi connectivity index (χ3n) is 3.61. The second-order valence-corrected chi connectivity index (χ2v) is 5.02. The molecular weight excluding hydrogens is 236 g/mol. The highest BCUT2D eigenvalue weighted by Crippen LogP contribution is 2.18. The summed E-state index contributed by atoms with van der Waals surface area (Å²) < 4.78 is 4.34. The van der Waals surface area contributed by atoms with E-state index in [-0.39, 0.29) is 0 Å². The number of hydrogen-bond acceptors (Lipinski definition) is 2. The minimum Gasteiger partial charge on any atom is -0.337 e. The van der Waals surface area contributed by atoms with Crippen molar-refractivity contribution in [3.05, 3.63) is 48.3 Å². The zero-order valence-electron chi connectivity index (χ0n) is 11.4. The molecule has 3 rings (SSSR count). The molecule has 0 spiro atoms. The Balaban J connectivity index is 1.76. The number of fused-ring (bicyclic) bond motifs is 1. The number of hydrogen-bond donors (Lipinski definition) is 0. The van der Waals surface area contributed by atoms with Gasteiger partial charge in [-0.3, -0.25) is 0 Å². The summed E-state index contributed by atoms with van der Waals surface area (Å²) in [5.41, 5.74) is 4.94. The molecule has 0 saturated heterocycles. The van der Waals surface area contributed by atoms with Gasteiger partial charge in [-0.15, -0.1) is 0 Å². The first-order valence-electron chi connectivity index (χ1n) is 6.62. The zero-order chi connectivity index (χ0) is 13.2. The van der Waals surface area contributed by atoms with E-state index in [4.69, 9.17) is 0 Å². The van der Waals surface area contributed by atoms with E-state index in [1.807, 2.05) is 25.0 Å². The van der Waals surface area contributed by atoms with Gasteiger partial charge in [-0.1, -0.05) is 0 Å². The molecule has 1 aromatic carbocycles. The van der Waals surface area contributed by atoms with Crippen molar-refractivity contribution in [3.63, 3.8) is 0 Å². The van der Waals surface area contributed by atoms with E-state index in [1.165, 1.54) is 16.6 Å². The van der Waals surface area contributed by atoms with Crippen molar-refractivity contribution in [2.24, 2.45) is 0 Å². The Labute approximate surface area is 112 Å². The van der Waals surface area contributed by atoms with Gasteiger partial charge in [0.05, 0.1) is 23.7 Å². The lowest BCUT2D eigenvalue weighted by Gasteiger charge is -2.06. The van der Waals surface area contributed by atoms with Gasteiger partial charge in [0, 0.05) is 25.5 Å². The molecule has 0 fully saturated rings. The van der Waals surface area contributed by atoms with Gasteiger partial charge in [-0.2, -0.15) is 0 Å². The monoisotopic (exact) mass is 254 g/mol. The molecule has 0 N–H and O–H groups in total. The van der Waals surface area contributed by atoms with Crippen molar-refractivity contribution >= 4 is 11.0 Å². The maximum atomic E-state index is 4.48. The van der Waals surface area contributed by atoms with Crippen molar-refractivity contribution in [1.29, 1.82) is 0 Å². The quantitative estimate of drug-likeness (QED) is 0.717. The van der Waals surface area contributed by atoms with E-state index in [1.54, 1.807) is 0 Å². The van der Waals surface area contributed by atoms with Crippen LogP contribution >= 0.6 is 0 Å². The molecule has 0 aliphatic carbocycles. The lowest BCUT2D eigenvalue weighted by molar-refractivity contribution is 0.571. The number of imidazole rings is 2. The van der Waals surface area contributed by atoms with Crippen LogP contribution in [-0.4, -0.2) is 19.1 Å². The van der Waals surface area contributed by atoms with Crippen LogP contribution in [-0.2, 0) is 13.1 Å². The van der Waals surface area contributed by atoms with Crippen LogP contribution in [0.4, 0.5) is 0 Å². The molecule has 0 bridgehead atoms. The fraction of sp³-hybridized carbons (Fsp3) is 0.333. The summed E-state index contributed by atoms with van der Waals surface area (Å²) in [5, 5.41) is 0. The van der Waals surface area contributed by atoms with Gasteiger partial charge in [0.15, 0.2) is 0 Å². The molecule has 0 aliphatic rings. The van der Waals surface area contributed by atoms with Crippen LogP contribution in [0, 0.1) is 13.8 Å². The Bertz CT molecular complexity index is 680. The van der Waals surface area contributed by atoms with Crippen molar-refractivity contribution in [3.8, 4) is 0 Å². The molecule has 3 aromatic rings. The van der Waals surface area contributed by atoms with E-state index in [0.29, 0.717) is 0 Å². The number of aromatic nitrogens is 4. The van der Waals surface area contributed by atoms with E-state index in [9.17, 15) is 0 Å². The number of rotatable bonds is 4. The van der Waals surface area contributed by atoms with Crippen molar-refractivity contribution in [2.45, 2.75) is 33.4 Å². The van der Waals surface area contributed by atoms with Gasteiger partial charge in [0.1, 0.15) is 0 Å². The van der Waals surface area contributed by atoms with Gasteiger partial charge in [0.2, 0.25) is 0 Å². The van der Waals surface area contributed by atoms with Gasteiger partial charge in [-0.05, 0) is 43.5 Å². The van der Waals surface area contributed by atoms with Crippen molar-refractivity contribution < 1.29 is 0 Å². The Morgan fingerprint density at radius 3 is 2.68 bits per heavy atom. The molecule has 0 aliphatic heterocycles.